The van der Waals surface area contributed by atoms with Gasteiger partial charge in [0.1, 0.15) is 11.8 Å². The Morgan fingerprint density at radius 2 is 1.89 bits per heavy atom. The minimum atomic E-state index is -1.15. The number of carbonyl (C=O) groups is 2. The van der Waals surface area contributed by atoms with E-state index in [1.54, 1.807) is 12.1 Å². The molecule has 6 heteroatoms. The maximum absolute atomic E-state index is 11.6. The number of hydrogen-bond donors (Lipinski definition) is 2. The lowest BCUT2D eigenvalue weighted by Crippen LogP contribution is -2.41. The number of methoxy groups -OCH3 is 1. The molecule has 0 aromatic heterocycles. The number of nitrogens with zero attached hydrogens (tertiary/aromatic N) is 1. The van der Waals surface area contributed by atoms with Crippen LogP contribution in [0.3, 0.4) is 0 Å². The lowest BCUT2D eigenvalue weighted by molar-refractivity contribution is -0.145. The van der Waals surface area contributed by atoms with Crippen molar-refractivity contribution >= 4 is 12.1 Å². The molecule has 0 spiro atoms. The van der Waals surface area contributed by atoms with Gasteiger partial charge in [0.05, 0.1) is 13.2 Å². The maximum Gasteiger partial charge on any atom is 0.408 e. The van der Waals surface area contributed by atoms with E-state index in [9.17, 15) is 19.8 Å². The second-order valence-electron chi connectivity index (χ2n) is 4.41. The van der Waals surface area contributed by atoms with Crippen LogP contribution in [0.25, 0.3) is 0 Å². The molecule has 1 amide bonds. The van der Waals surface area contributed by atoms with Crippen LogP contribution in [0.15, 0.2) is 24.3 Å². The van der Waals surface area contributed by atoms with Crippen molar-refractivity contribution in [3.63, 3.8) is 0 Å². The molecule has 1 saturated heterocycles. The van der Waals surface area contributed by atoms with Crippen molar-refractivity contribution in [2.24, 2.45) is 0 Å². The van der Waals surface area contributed by atoms with Crippen LogP contribution in [0.5, 0.6) is 5.75 Å². The van der Waals surface area contributed by atoms with E-state index < -0.39 is 18.1 Å². The lowest BCUT2D eigenvalue weighted by Gasteiger charge is -2.26. The molecule has 102 valence electrons. The van der Waals surface area contributed by atoms with E-state index in [0.717, 1.165) is 10.5 Å². The van der Waals surface area contributed by atoms with Crippen molar-refractivity contribution < 1.29 is 24.5 Å². The molecular formula is C13H15NO5. The van der Waals surface area contributed by atoms with Crippen LogP contribution >= 0.6 is 0 Å². The van der Waals surface area contributed by atoms with Crippen LogP contribution in [0.4, 0.5) is 4.79 Å². The first kappa shape index (κ1) is 13.2. The average molecular weight is 265 g/mol. The summed E-state index contributed by atoms with van der Waals surface area (Å²) in [6.45, 7) is 0. The normalized spacial score (nSPS) is 22.3. The Labute approximate surface area is 110 Å². The number of carbonyl (C=O) groups excluding carboxylic acids is 1. The number of amides is 1. The second kappa shape index (κ2) is 5.17. The number of rotatable bonds is 2. The highest BCUT2D eigenvalue weighted by Gasteiger charge is 2.42. The fourth-order valence-electron chi connectivity index (χ4n) is 2.47. The van der Waals surface area contributed by atoms with Gasteiger partial charge in [0.25, 0.3) is 0 Å². The number of ether oxygens (including phenoxy) is 1. The predicted octanol–water partition coefficient (Wildman–Crippen LogP) is 1.75. The minimum Gasteiger partial charge on any atom is -0.508 e. The number of phenolic OH excluding ortho intramolecular Hbond substituents is 1. The molecule has 6 nitrogen and oxygen atoms in total. The van der Waals surface area contributed by atoms with Crippen LogP contribution in [-0.2, 0) is 9.53 Å². The second-order valence-corrected chi connectivity index (χ2v) is 4.41. The lowest BCUT2D eigenvalue weighted by atomic mass is 10.0. The zero-order chi connectivity index (χ0) is 14.0. The predicted molar refractivity (Wildman–Crippen MR) is 65.7 cm³/mol. The van der Waals surface area contributed by atoms with Crippen LogP contribution in [0.1, 0.15) is 24.4 Å². The fraction of sp³-hybridized carbons (Fsp3) is 0.385. The molecule has 2 N–H and O–H groups in total. The van der Waals surface area contributed by atoms with Gasteiger partial charge in [-0.05, 0) is 30.5 Å². The zero-order valence-corrected chi connectivity index (χ0v) is 10.4. The first-order valence-electron chi connectivity index (χ1n) is 5.92. The topological polar surface area (TPSA) is 87.1 Å². The van der Waals surface area contributed by atoms with Gasteiger partial charge in [-0.25, -0.2) is 9.59 Å². The van der Waals surface area contributed by atoms with E-state index in [-0.39, 0.29) is 11.8 Å². The highest BCUT2D eigenvalue weighted by Crippen LogP contribution is 2.37. The summed E-state index contributed by atoms with van der Waals surface area (Å²) in [4.78, 5) is 24.1. The smallest absolute Gasteiger partial charge is 0.408 e. The van der Waals surface area contributed by atoms with Gasteiger partial charge < -0.3 is 14.9 Å². The van der Waals surface area contributed by atoms with Crippen molar-refractivity contribution in [2.45, 2.75) is 24.9 Å². The molecule has 1 aromatic carbocycles. The summed E-state index contributed by atoms with van der Waals surface area (Å²) >= 11 is 0. The van der Waals surface area contributed by atoms with Crippen molar-refractivity contribution in [1.29, 1.82) is 0 Å². The Bertz CT molecular complexity index is 484. The van der Waals surface area contributed by atoms with Crippen molar-refractivity contribution in [1.82, 2.24) is 4.90 Å². The Balaban J connectivity index is 2.28. The van der Waals surface area contributed by atoms with E-state index in [1.165, 1.54) is 19.2 Å². The molecule has 1 fully saturated rings. The molecule has 2 rings (SSSR count). The summed E-state index contributed by atoms with van der Waals surface area (Å²) in [6, 6.07) is 5.18. The number of esters is 1. The molecule has 2 atom stereocenters. The third-order valence-corrected chi connectivity index (χ3v) is 3.36. The molecular weight excluding hydrogens is 250 g/mol. The first-order valence-corrected chi connectivity index (χ1v) is 5.92. The fourth-order valence-corrected chi connectivity index (χ4v) is 2.47. The molecule has 19 heavy (non-hydrogen) atoms. The highest BCUT2D eigenvalue weighted by molar-refractivity contribution is 5.81. The van der Waals surface area contributed by atoms with Crippen LogP contribution in [0.2, 0.25) is 0 Å². The summed E-state index contributed by atoms with van der Waals surface area (Å²) in [7, 11) is 1.25. The van der Waals surface area contributed by atoms with Crippen LogP contribution < -0.4 is 0 Å². The zero-order valence-electron chi connectivity index (χ0n) is 10.4. The molecule has 0 radical (unpaired) electrons. The summed E-state index contributed by atoms with van der Waals surface area (Å²) in [5.74, 6) is -0.420. The molecule has 1 heterocycles. The number of hydrogen-bond acceptors (Lipinski definition) is 4. The Kier molecular flexibility index (Phi) is 3.59. The summed E-state index contributed by atoms with van der Waals surface area (Å²) in [5.41, 5.74) is 0.756. The van der Waals surface area contributed by atoms with Crippen LogP contribution in [0, 0.1) is 0 Å². The molecule has 0 bridgehead atoms. The third-order valence-electron chi connectivity index (χ3n) is 3.36. The molecule has 1 aromatic rings. The van der Waals surface area contributed by atoms with Gasteiger partial charge in [-0.3, -0.25) is 4.90 Å². The SMILES string of the molecule is COC(=O)[C@@H]1CC[C@H](c2ccc(O)cc2)N1C(=O)O. The van der Waals surface area contributed by atoms with E-state index in [1.807, 2.05) is 0 Å². The van der Waals surface area contributed by atoms with E-state index in [4.69, 9.17) is 0 Å². The molecule has 0 saturated carbocycles. The maximum atomic E-state index is 11.6. The number of benzene rings is 1. The first-order chi connectivity index (χ1) is 9.04. The summed E-state index contributed by atoms with van der Waals surface area (Å²) in [6.07, 6.45) is -0.160. The quantitative estimate of drug-likeness (QED) is 0.795. The molecule has 1 aliphatic rings. The van der Waals surface area contributed by atoms with Gasteiger partial charge in [0.2, 0.25) is 0 Å². The summed E-state index contributed by atoms with van der Waals surface area (Å²) in [5, 5.41) is 18.5. The minimum absolute atomic E-state index is 0.119. The van der Waals surface area contributed by atoms with Gasteiger partial charge in [0.15, 0.2) is 0 Å². The number of aromatic hydroxyl groups is 1. The van der Waals surface area contributed by atoms with E-state index in [2.05, 4.69) is 4.74 Å². The van der Waals surface area contributed by atoms with Gasteiger partial charge in [-0.15, -0.1) is 0 Å². The van der Waals surface area contributed by atoms with Gasteiger partial charge in [0, 0.05) is 0 Å². The van der Waals surface area contributed by atoms with E-state index in [0.29, 0.717) is 12.8 Å². The van der Waals surface area contributed by atoms with Crippen molar-refractivity contribution in [3.05, 3.63) is 29.8 Å². The number of carboxylic acid groups (broad SMARTS) is 1. The molecule has 0 unspecified atom stereocenters. The van der Waals surface area contributed by atoms with Crippen molar-refractivity contribution in [3.8, 4) is 5.75 Å². The van der Waals surface area contributed by atoms with Gasteiger partial charge in [-0.2, -0.15) is 0 Å². The molecule has 0 aliphatic carbocycles. The van der Waals surface area contributed by atoms with Crippen molar-refractivity contribution in [2.75, 3.05) is 7.11 Å². The average Bonchev–Trinajstić information content (AvgIpc) is 2.83. The summed E-state index contributed by atoms with van der Waals surface area (Å²) < 4.78 is 4.63. The monoisotopic (exact) mass is 265 g/mol. The highest BCUT2D eigenvalue weighted by atomic mass is 16.5. The standard InChI is InChI=1S/C13H15NO5/c1-19-12(16)11-7-6-10(14(11)13(17)18)8-2-4-9(15)5-3-8/h2-5,10-11,15H,6-7H2,1H3,(H,17,18)/t10-,11+/m1/s1. The Morgan fingerprint density at radius 1 is 1.26 bits per heavy atom. The van der Waals surface area contributed by atoms with Crippen LogP contribution in [-0.4, -0.2) is 40.3 Å². The van der Waals surface area contributed by atoms with E-state index >= 15 is 0 Å². The Morgan fingerprint density at radius 3 is 2.42 bits per heavy atom. The third kappa shape index (κ3) is 2.47. The Hall–Kier alpha value is -2.24. The van der Waals surface area contributed by atoms with Gasteiger partial charge >= 0.3 is 12.1 Å². The van der Waals surface area contributed by atoms with Gasteiger partial charge in [-0.1, -0.05) is 12.1 Å². The largest absolute Gasteiger partial charge is 0.508 e. The molecule has 1 aliphatic heterocycles. The number of phenols is 1. The number of likely N-dealkylation sites (tertiary alicyclic amines) is 1.